The van der Waals surface area contributed by atoms with Gasteiger partial charge in [0, 0.05) is 6.42 Å². The Labute approximate surface area is 127 Å². The maximum absolute atomic E-state index is 11.9. The molecule has 0 N–H and O–H groups in total. The lowest BCUT2D eigenvalue weighted by atomic mass is 9.66. The van der Waals surface area contributed by atoms with Gasteiger partial charge in [0.05, 0.1) is 26.4 Å². The molecule has 0 aliphatic heterocycles. The van der Waals surface area contributed by atoms with Crippen LogP contribution in [-0.4, -0.2) is 26.0 Å². The fourth-order valence-corrected chi connectivity index (χ4v) is 3.42. The third-order valence-corrected chi connectivity index (χ3v) is 4.71. The lowest BCUT2D eigenvalue weighted by molar-refractivity contribution is -0.146. The quantitative estimate of drug-likeness (QED) is 0.557. The molecule has 4 heteroatoms. The number of methoxy groups -OCH3 is 2. The summed E-state index contributed by atoms with van der Waals surface area (Å²) in [5.41, 5.74) is 1.16. The number of esters is 1. The molecule has 120 valence electrons. The molecular formula is C17H28O4. The van der Waals surface area contributed by atoms with Crippen LogP contribution in [0.1, 0.15) is 46.5 Å². The van der Waals surface area contributed by atoms with Crippen molar-refractivity contribution >= 4 is 11.8 Å². The highest BCUT2D eigenvalue weighted by molar-refractivity contribution is 5.75. The van der Waals surface area contributed by atoms with Crippen LogP contribution < -0.4 is 0 Å². The third kappa shape index (κ3) is 4.58. The van der Waals surface area contributed by atoms with Gasteiger partial charge in [-0.05, 0) is 49.5 Å². The van der Waals surface area contributed by atoms with Gasteiger partial charge in [0.15, 0.2) is 0 Å². The molecule has 1 aliphatic carbocycles. The van der Waals surface area contributed by atoms with Crippen molar-refractivity contribution in [2.24, 2.45) is 23.7 Å². The van der Waals surface area contributed by atoms with Gasteiger partial charge in [-0.25, -0.2) is 0 Å². The van der Waals surface area contributed by atoms with E-state index in [0.717, 1.165) is 24.8 Å². The van der Waals surface area contributed by atoms with Gasteiger partial charge in [0.1, 0.15) is 5.78 Å². The molecule has 0 aromatic carbocycles. The van der Waals surface area contributed by atoms with Crippen LogP contribution in [0.4, 0.5) is 0 Å². The van der Waals surface area contributed by atoms with Crippen LogP contribution in [0.2, 0.25) is 0 Å². The minimum atomic E-state index is -0.179. The molecule has 21 heavy (non-hydrogen) atoms. The summed E-state index contributed by atoms with van der Waals surface area (Å²) in [5.74, 6) is 0.810. The van der Waals surface area contributed by atoms with Gasteiger partial charge < -0.3 is 14.3 Å². The molecule has 1 saturated carbocycles. The van der Waals surface area contributed by atoms with E-state index in [9.17, 15) is 9.59 Å². The van der Waals surface area contributed by atoms with Crippen molar-refractivity contribution in [2.45, 2.75) is 46.5 Å². The Balaban J connectivity index is 2.96. The van der Waals surface area contributed by atoms with Gasteiger partial charge in [0.2, 0.25) is 0 Å². The average Bonchev–Trinajstić information content (AvgIpc) is 2.45. The summed E-state index contributed by atoms with van der Waals surface area (Å²) in [6, 6.07) is 0. The van der Waals surface area contributed by atoms with E-state index in [4.69, 9.17) is 9.47 Å². The zero-order chi connectivity index (χ0) is 16.0. The zero-order valence-corrected chi connectivity index (χ0v) is 13.8. The van der Waals surface area contributed by atoms with Crippen LogP contribution >= 0.6 is 0 Å². The molecule has 4 nitrogen and oxygen atoms in total. The number of ether oxygens (including phenoxy) is 2. The molecule has 0 spiro atoms. The maximum Gasteiger partial charge on any atom is 0.308 e. The first-order chi connectivity index (χ1) is 9.92. The Hall–Kier alpha value is -1.32. The van der Waals surface area contributed by atoms with Gasteiger partial charge in [0.25, 0.3) is 0 Å². The molecule has 0 aromatic rings. The zero-order valence-electron chi connectivity index (χ0n) is 13.8. The summed E-state index contributed by atoms with van der Waals surface area (Å²) in [4.78, 5) is 23.2. The van der Waals surface area contributed by atoms with E-state index in [1.807, 2.05) is 6.92 Å². The maximum atomic E-state index is 11.9. The third-order valence-electron chi connectivity index (χ3n) is 4.71. The van der Waals surface area contributed by atoms with E-state index in [1.165, 1.54) is 7.11 Å². The summed E-state index contributed by atoms with van der Waals surface area (Å²) < 4.78 is 10.2. The largest absolute Gasteiger partial charge is 0.504 e. The van der Waals surface area contributed by atoms with E-state index in [2.05, 4.69) is 6.92 Å². The smallest absolute Gasteiger partial charge is 0.308 e. The van der Waals surface area contributed by atoms with Crippen molar-refractivity contribution in [1.82, 2.24) is 0 Å². The number of rotatable bonds is 6. The van der Waals surface area contributed by atoms with Crippen molar-refractivity contribution in [3.63, 3.8) is 0 Å². The molecule has 0 amide bonds. The summed E-state index contributed by atoms with van der Waals surface area (Å²) in [5, 5.41) is 0. The minimum absolute atomic E-state index is 0.144. The van der Waals surface area contributed by atoms with E-state index in [1.54, 1.807) is 20.3 Å². The average molecular weight is 296 g/mol. The van der Waals surface area contributed by atoms with E-state index < -0.39 is 0 Å². The van der Waals surface area contributed by atoms with Gasteiger partial charge in [-0.15, -0.1) is 0 Å². The Morgan fingerprint density at radius 1 is 1.33 bits per heavy atom. The molecular weight excluding hydrogens is 268 g/mol. The second-order valence-electron chi connectivity index (χ2n) is 6.17. The Bertz CT molecular complexity index is 400. The Morgan fingerprint density at radius 3 is 2.52 bits per heavy atom. The van der Waals surface area contributed by atoms with Crippen molar-refractivity contribution in [3.8, 4) is 0 Å². The number of hydrogen-bond acceptors (Lipinski definition) is 4. The number of Topliss-reactive ketones (excluding diaryl/α,β-unsaturated/α-hetero) is 1. The molecule has 0 heterocycles. The lowest BCUT2D eigenvalue weighted by Crippen LogP contribution is -2.33. The number of hydrogen-bond donors (Lipinski definition) is 0. The topological polar surface area (TPSA) is 52.6 Å². The highest BCUT2D eigenvalue weighted by Crippen LogP contribution is 2.44. The molecule has 1 aliphatic rings. The van der Waals surface area contributed by atoms with Gasteiger partial charge >= 0.3 is 5.97 Å². The van der Waals surface area contributed by atoms with Crippen LogP contribution in [-0.2, 0) is 19.1 Å². The normalized spacial score (nSPS) is 29.0. The number of allylic oxidation sites excluding steroid dienone is 1. The van der Waals surface area contributed by atoms with Crippen molar-refractivity contribution in [1.29, 1.82) is 0 Å². The minimum Gasteiger partial charge on any atom is -0.504 e. The second-order valence-corrected chi connectivity index (χ2v) is 6.17. The highest BCUT2D eigenvalue weighted by atomic mass is 16.5. The lowest BCUT2D eigenvalue weighted by Gasteiger charge is -2.39. The van der Waals surface area contributed by atoms with Crippen molar-refractivity contribution in [3.05, 3.63) is 11.8 Å². The Kier molecular flexibility index (Phi) is 6.93. The standard InChI is InChI=1S/C17H28O4/c1-11-6-8-15(13(3)17(19)21-5)16(10-20-4)14(11)9-7-12(2)18/h10-11,13-15H,6-9H2,1-5H3/b16-10-/t11-,13-,14+,15+/m1/s1. The second kappa shape index (κ2) is 8.20. The number of carbonyl (C=O) groups excluding carboxylic acids is 2. The SMILES string of the molecule is CO/C=C1/[C@@H](CCC(C)=O)[C@H](C)CC[C@H]1[C@@H](C)C(=O)OC. The van der Waals surface area contributed by atoms with E-state index >= 15 is 0 Å². The van der Waals surface area contributed by atoms with E-state index in [-0.39, 0.29) is 23.6 Å². The predicted molar refractivity (Wildman–Crippen MR) is 81.6 cm³/mol. The van der Waals surface area contributed by atoms with Gasteiger partial charge in [-0.3, -0.25) is 4.79 Å². The molecule has 0 bridgehead atoms. The van der Waals surface area contributed by atoms with Crippen LogP contribution in [0.3, 0.4) is 0 Å². The molecule has 1 fully saturated rings. The monoisotopic (exact) mass is 296 g/mol. The van der Waals surface area contributed by atoms with Crippen LogP contribution in [0, 0.1) is 23.7 Å². The summed E-state index contributed by atoms with van der Waals surface area (Å²) in [6.07, 6.45) is 5.22. The highest BCUT2D eigenvalue weighted by Gasteiger charge is 2.38. The van der Waals surface area contributed by atoms with Gasteiger partial charge in [-0.2, -0.15) is 0 Å². The van der Waals surface area contributed by atoms with Crippen molar-refractivity contribution in [2.75, 3.05) is 14.2 Å². The summed E-state index contributed by atoms with van der Waals surface area (Å²) in [6.45, 7) is 5.76. The molecule has 4 atom stereocenters. The molecule has 0 aromatic heterocycles. The van der Waals surface area contributed by atoms with E-state index in [0.29, 0.717) is 18.3 Å². The summed E-state index contributed by atoms with van der Waals surface area (Å²) >= 11 is 0. The first-order valence-corrected chi connectivity index (χ1v) is 7.72. The molecule has 0 radical (unpaired) electrons. The first kappa shape index (κ1) is 17.7. The first-order valence-electron chi connectivity index (χ1n) is 7.72. The number of carbonyl (C=O) groups is 2. The fraction of sp³-hybridized carbons (Fsp3) is 0.765. The summed E-state index contributed by atoms with van der Waals surface area (Å²) in [7, 11) is 3.06. The molecule has 1 rings (SSSR count). The van der Waals surface area contributed by atoms with Crippen LogP contribution in [0.5, 0.6) is 0 Å². The predicted octanol–water partition coefficient (Wildman–Crippen LogP) is 3.36. The van der Waals surface area contributed by atoms with Crippen LogP contribution in [0.25, 0.3) is 0 Å². The van der Waals surface area contributed by atoms with Crippen molar-refractivity contribution < 1.29 is 19.1 Å². The molecule has 0 unspecified atom stereocenters. The molecule has 0 saturated heterocycles. The Morgan fingerprint density at radius 2 is 2.00 bits per heavy atom. The number of ketones is 1. The van der Waals surface area contributed by atoms with Gasteiger partial charge in [-0.1, -0.05) is 13.8 Å². The van der Waals surface area contributed by atoms with Crippen LogP contribution in [0.15, 0.2) is 11.8 Å². The fourth-order valence-electron chi connectivity index (χ4n) is 3.42.